The number of aryl methyl sites for hydroxylation is 1. The van der Waals surface area contributed by atoms with E-state index in [1.165, 1.54) is 24.3 Å². The second-order valence-corrected chi connectivity index (χ2v) is 5.15. The fourth-order valence-corrected chi connectivity index (χ4v) is 2.06. The molecule has 25 heavy (non-hydrogen) atoms. The van der Waals surface area contributed by atoms with Crippen LogP contribution in [0.3, 0.4) is 0 Å². The third-order valence-electron chi connectivity index (χ3n) is 3.47. The molecular formula is C18H15N3O4. The molecule has 0 heterocycles. The van der Waals surface area contributed by atoms with Crippen LogP contribution in [0.5, 0.6) is 5.75 Å². The van der Waals surface area contributed by atoms with Crippen molar-refractivity contribution in [3.05, 3.63) is 69.3 Å². The number of nitro groups is 1. The molecule has 2 aromatic carbocycles. The third-order valence-corrected chi connectivity index (χ3v) is 3.47. The Morgan fingerprint density at radius 1 is 1.28 bits per heavy atom. The number of methoxy groups -OCH3 is 1. The van der Waals surface area contributed by atoms with Crippen LogP contribution in [0.25, 0.3) is 6.08 Å². The number of rotatable bonds is 5. The number of carbonyl (C=O) groups excluding carboxylic acids is 1. The number of hydrogen-bond acceptors (Lipinski definition) is 5. The minimum Gasteiger partial charge on any atom is -0.497 e. The summed E-state index contributed by atoms with van der Waals surface area (Å²) >= 11 is 0. The van der Waals surface area contributed by atoms with E-state index in [9.17, 15) is 20.2 Å². The molecule has 1 amide bonds. The average Bonchev–Trinajstić information content (AvgIpc) is 2.61. The first kappa shape index (κ1) is 17.7. The van der Waals surface area contributed by atoms with Crippen LogP contribution in [0.2, 0.25) is 0 Å². The van der Waals surface area contributed by atoms with E-state index in [1.807, 2.05) is 6.07 Å². The van der Waals surface area contributed by atoms with Gasteiger partial charge in [-0.15, -0.1) is 0 Å². The predicted octanol–water partition coefficient (Wildman–Crippen LogP) is 3.46. The van der Waals surface area contributed by atoms with Gasteiger partial charge in [-0.2, -0.15) is 5.26 Å². The summed E-state index contributed by atoms with van der Waals surface area (Å²) in [4.78, 5) is 22.6. The van der Waals surface area contributed by atoms with Gasteiger partial charge in [-0.1, -0.05) is 18.2 Å². The molecule has 7 heteroatoms. The Bertz CT molecular complexity index is 880. The van der Waals surface area contributed by atoms with Gasteiger partial charge in [0.15, 0.2) is 0 Å². The van der Waals surface area contributed by atoms with Crippen LogP contribution in [-0.4, -0.2) is 17.9 Å². The number of nitro benzene ring substituents is 1. The Morgan fingerprint density at radius 3 is 2.52 bits per heavy atom. The average molecular weight is 337 g/mol. The first-order valence-electron chi connectivity index (χ1n) is 7.27. The van der Waals surface area contributed by atoms with Gasteiger partial charge in [0, 0.05) is 12.1 Å². The maximum Gasteiger partial charge on any atom is 0.271 e. The molecule has 0 atom stereocenters. The molecular weight excluding hydrogens is 322 g/mol. The number of nitrogens with zero attached hydrogens (tertiary/aromatic N) is 2. The van der Waals surface area contributed by atoms with Gasteiger partial charge in [0.25, 0.3) is 11.6 Å². The number of benzene rings is 2. The predicted molar refractivity (Wildman–Crippen MR) is 93.0 cm³/mol. The number of nitrogens with one attached hydrogen (secondary N) is 1. The molecule has 126 valence electrons. The van der Waals surface area contributed by atoms with Crippen LogP contribution in [0.15, 0.2) is 48.0 Å². The molecule has 7 nitrogen and oxygen atoms in total. The number of anilines is 1. The van der Waals surface area contributed by atoms with Gasteiger partial charge in [0.2, 0.25) is 0 Å². The van der Waals surface area contributed by atoms with Crippen molar-refractivity contribution in [1.29, 1.82) is 5.26 Å². The molecule has 2 aromatic rings. The Morgan fingerprint density at radius 2 is 1.96 bits per heavy atom. The molecule has 0 saturated heterocycles. The van der Waals surface area contributed by atoms with Crippen molar-refractivity contribution in [3.63, 3.8) is 0 Å². The Kier molecular flexibility index (Phi) is 5.48. The van der Waals surface area contributed by atoms with E-state index < -0.39 is 10.8 Å². The first-order valence-corrected chi connectivity index (χ1v) is 7.27. The highest BCUT2D eigenvalue weighted by atomic mass is 16.6. The zero-order valence-electron chi connectivity index (χ0n) is 13.6. The van der Waals surface area contributed by atoms with Crippen LogP contribution in [0.1, 0.15) is 11.1 Å². The maximum atomic E-state index is 12.3. The molecule has 1 N–H and O–H groups in total. The Labute approximate surface area is 144 Å². The van der Waals surface area contributed by atoms with Gasteiger partial charge in [-0.25, -0.2) is 0 Å². The molecule has 0 fully saturated rings. The van der Waals surface area contributed by atoms with E-state index in [0.717, 1.165) is 0 Å². The van der Waals surface area contributed by atoms with Gasteiger partial charge >= 0.3 is 0 Å². The smallest absolute Gasteiger partial charge is 0.271 e. The number of non-ortho nitro benzene ring substituents is 1. The van der Waals surface area contributed by atoms with Crippen molar-refractivity contribution in [2.24, 2.45) is 0 Å². The van der Waals surface area contributed by atoms with Crippen molar-refractivity contribution in [2.45, 2.75) is 6.92 Å². The quantitative estimate of drug-likeness (QED) is 0.389. The maximum absolute atomic E-state index is 12.3. The van der Waals surface area contributed by atoms with E-state index in [2.05, 4.69) is 5.32 Å². The highest BCUT2D eigenvalue weighted by Crippen LogP contribution is 2.22. The molecule has 2 rings (SSSR count). The van der Waals surface area contributed by atoms with Crippen LogP contribution in [-0.2, 0) is 4.79 Å². The van der Waals surface area contributed by atoms with Crippen LogP contribution >= 0.6 is 0 Å². The van der Waals surface area contributed by atoms with E-state index in [4.69, 9.17) is 4.74 Å². The van der Waals surface area contributed by atoms with E-state index in [1.54, 1.807) is 38.3 Å². The summed E-state index contributed by atoms with van der Waals surface area (Å²) in [6, 6.07) is 12.8. The fraction of sp³-hybridized carbons (Fsp3) is 0.111. The molecule has 0 aromatic heterocycles. The van der Waals surface area contributed by atoms with Gasteiger partial charge in [0.1, 0.15) is 17.4 Å². The summed E-state index contributed by atoms with van der Waals surface area (Å²) in [6.07, 6.45) is 1.43. The normalized spacial score (nSPS) is 10.7. The summed E-state index contributed by atoms with van der Waals surface area (Å²) in [5.41, 5.74) is 1.34. The fourth-order valence-electron chi connectivity index (χ4n) is 2.06. The number of nitriles is 1. The topological polar surface area (TPSA) is 105 Å². The van der Waals surface area contributed by atoms with Crippen LogP contribution in [0.4, 0.5) is 11.4 Å². The largest absolute Gasteiger partial charge is 0.497 e. The molecule has 0 bridgehead atoms. The minimum absolute atomic E-state index is 0.115. The molecule has 0 radical (unpaired) electrons. The number of hydrogen-bond donors (Lipinski definition) is 1. The van der Waals surface area contributed by atoms with Gasteiger partial charge < -0.3 is 10.1 Å². The van der Waals surface area contributed by atoms with Crippen LogP contribution < -0.4 is 10.1 Å². The molecule has 0 saturated carbocycles. The molecule has 0 unspecified atom stereocenters. The Hall–Kier alpha value is -3.66. The lowest BCUT2D eigenvalue weighted by atomic mass is 10.1. The zero-order chi connectivity index (χ0) is 18.4. The lowest BCUT2D eigenvalue weighted by molar-refractivity contribution is -0.384. The van der Waals surface area contributed by atoms with Crippen molar-refractivity contribution >= 4 is 23.4 Å². The molecule has 0 aliphatic heterocycles. The molecule has 0 spiro atoms. The standard InChI is InChI=1S/C18H15N3O4/c1-12-3-6-15(21(23)24)10-17(12)20-18(22)14(11-19)9-13-4-7-16(25-2)8-5-13/h3-10H,1-2H3,(H,20,22). The number of ether oxygens (including phenoxy) is 1. The first-order chi connectivity index (χ1) is 11.9. The minimum atomic E-state index is -0.637. The summed E-state index contributed by atoms with van der Waals surface area (Å²) < 4.78 is 5.05. The second-order valence-electron chi connectivity index (χ2n) is 5.15. The summed E-state index contributed by atoms with van der Waals surface area (Å²) in [7, 11) is 1.54. The van der Waals surface area contributed by atoms with Gasteiger partial charge in [-0.05, 0) is 36.3 Å². The van der Waals surface area contributed by atoms with Crippen molar-refractivity contribution in [2.75, 3.05) is 12.4 Å². The summed E-state index contributed by atoms with van der Waals surface area (Å²) in [5.74, 6) is 0.0224. The molecule has 0 aliphatic carbocycles. The van der Waals surface area contributed by atoms with Crippen LogP contribution in [0, 0.1) is 28.4 Å². The second kappa shape index (κ2) is 7.75. The highest BCUT2D eigenvalue weighted by Gasteiger charge is 2.14. The summed E-state index contributed by atoms with van der Waals surface area (Å²) in [6.45, 7) is 1.71. The summed E-state index contributed by atoms with van der Waals surface area (Å²) in [5, 5.41) is 22.6. The lowest BCUT2D eigenvalue weighted by Gasteiger charge is -2.07. The van der Waals surface area contributed by atoms with Gasteiger partial charge in [-0.3, -0.25) is 14.9 Å². The zero-order valence-corrected chi connectivity index (χ0v) is 13.6. The number of amides is 1. The number of carbonyl (C=O) groups is 1. The third kappa shape index (κ3) is 4.42. The van der Waals surface area contributed by atoms with Gasteiger partial charge in [0.05, 0.1) is 17.7 Å². The van der Waals surface area contributed by atoms with E-state index in [-0.39, 0.29) is 16.9 Å². The highest BCUT2D eigenvalue weighted by molar-refractivity contribution is 6.10. The lowest BCUT2D eigenvalue weighted by Crippen LogP contribution is -2.14. The Balaban J connectivity index is 2.25. The SMILES string of the molecule is COc1ccc(C=C(C#N)C(=O)Nc2cc([N+](=O)[O-])ccc2C)cc1. The molecule has 0 aliphatic rings. The monoisotopic (exact) mass is 337 g/mol. The van der Waals surface area contributed by atoms with E-state index >= 15 is 0 Å². The van der Waals surface area contributed by atoms with E-state index in [0.29, 0.717) is 16.9 Å². The van der Waals surface area contributed by atoms with Crippen molar-refractivity contribution < 1.29 is 14.5 Å². The van der Waals surface area contributed by atoms with Crippen molar-refractivity contribution in [3.8, 4) is 11.8 Å². The van der Waals surface area contributed by atoms with Crippen molar-refractivity contribution in [1.82, 2.24) is 0 Å².